The van der Waals surface area contributed by atoms with Crippen LogP contribution in [0.2, 0.25) is 0 Å². The second-order valence-corrected chi connectivity index (χ2v) is 8.96. The molecule has 1 unspecified atom stereocenters. The summed E-state index contributed by atoms with van der Waals surface area (Å²) in [6.07, 6.45) is 1.14. The van der Waals surface area contributed by atoms with Crippen molar-refractivity contribution in [3.8, 4) is 5.75 Å². The van der Waals surface area contributed by atoms with Gasteiger partial charge in [0.2, 0.25) is 5.91 Å². The molecule has 0 aromatic heterocycles. The van der Waals surface area contributed by atoms with Crippen molar-refractivity contribution >= 4 is 27.4 Å². The SMILES string of the molecule is O=C(NCCCOc1ccccc1F)C1=NN(C2CCS(=O)(=O)C2)C(=O)CC1. The molecule has 3 rings (SSSR count). The summed E-state index contributed by atoms with van der Waals surface area (Å²) >= 11 is 0. The van der Waals surface area contributed by atoms with Crippen LogP contribution >= 0.6 is 0 Å². The smallest absolute Gasteiger partial charge is 0.267 e. The maximum Gasteiger partial charge on any atom is 0.267 e. The lowest BCUT2D eigenvalue weighted by Gasteiger charge is -2.27. The Labute approximate surface area is 162 Å². The third-order valence-electron chi connectivity index (χ3n) is 4.58. The number of nitrogens with one attached hydrogen (secondary N) is 1. The molecule has 1 aromatic rings. The van der Waals surface area contributed by atoms with Gasteiger partial charge in [-0.05, 0) is 25.0 Å². The number of hydrazone groups is 1. The fourth-order valence-corrected chi connectivity index (χ4v) is 4.80. The number of hydrogen-bond donors (Lipinski definition) is 1. The van der Waals surface area contributed by atoms with Crippen LogP contribution in [0, 0.1) is 5.82 Å². The number of hydrogen-bond acceptors (Lipinski definition) is 6. The van der Waals surface area contributed by atoms with E-state index < -0.39 is 27.6 Å². The highest BCUT2D eigenvalue weighted by atomic mass is 32.2. The van der Waals surface area contributed by atoms with Gasteiger partial charge in [-0.25, -0.2) is 17.8 Å². The molecule has 1 fully saturated rings. The van der Waals surface area contributed by atoms with Gasteiger partial charge in [-0.3, -0.25) is 9.59 Å². The van der Waals surface area contributed by atoms with Gasteiger partial charge in [-0.1, -0.05) is 12.1 Å². The average molecular weight is 411 g/mol. The van der Waals surface area contributed by atoms with Crippen LogP contribution in [0.15, 0.2) is 29.4 Å². The zero-order chi connectivity index (χ0) is 20.1. The van der Waals surface area contributed by atoms with Crippen LogP contribution in [0.25, 0.3) is 0 Å². The highest BCUT2D eigenvalue weighted by Crippen LogP contribution is 2.22. The molecule has 1 atom stereocenters. The number of carbonyl (C=O) groups is 2. The van der Waals surface area contributed by atoms with Gasteiger partial charge in [0.15, 0.2) is 21.4 Å². The summed E-state index contributed by atoms with van der Waals surface area (Å²) in [6.45, 7) is 0.538. The molecule has 1 saturated heterocycles. The van der Waals surface area contributed by atoms with Gasteiger partial charge in [-0.15, -0.1) is 0 Å². The maximum absolute atomic E-state index is 13.4. The summed E-state index contributed by atoms with van der Waals surface area (Å²) in [7, 11) is -3.16. The summed E-state index contributed by atoms with van der Waals surface area (Å²) in [4.78, 5) is 24.3. The molecule has 0 aliphatic carbocycles. The monoisotopic (exact) mass is 411 g/mol. The van der Waals surface area contributed by atoms with E-state index in [1.165, 1.54) is 12.1 Å². The van der Waals surface area contributed by atoms with Gasteiger partial charge in [0.25, 0.3) is 5.91 Å². The molecular formula is C18H22FN3O5S. The van der Waals surface area contributed by atoms with Gasteiger partial charge in [0, 0.05) is 19.4 Å². The fourth-order valence-electron chi connectivity index (χ4n) is 3.11. The number of para-hydroxylation sites is 1. The number of amides is 2. The highest BCUT2D eigenvalue weighted by molar-refractivity contribution is 7.91. The van der Waals surface area contributed by atoms with Gasteiger partial charge in [0.1, 0.15) is 5.71 Å². The van der Waals surface area contributed by atoms with Crippen LogP contribution in [-0.4, -0.2) is 61.7 Å². The van der Waals surface area contributed by atoms with Crippen LogP contribution in [0.5, 0.6) is 5.75 Å². The molecule has 2 heterocycles. The Hall–Kier alpha value is -2.49. The van der Waals surface area contributed by atoms with E-state index in [2.05, 4.69) is 10.4 Å². The van der Waals surface area contributed by atoms with Gasteiger partial charge < -0.3 is 10.1 Å². The van der Waals surface area contributed by atoms with Crippen LogP contribution in [-0.2, 0) is 19.4 Å². The molecule has 8 nitrogen and oxygen atoms in total. The molecule has 0 radical (unpaired) electrons. The molecular weight excluding hydrogens is 389 g/mol. The molecule has 2 aliphatic heterocycles. The first-order valence-electron chi connectivity index (χ1n) is 9.11. The molecule has 1 N–H and O–H groups in total. The van der Waals surface area contributed by atoms with Crippen LogP contribution in [0.3, 0.4) is 0 Å². The molecule has 0 spiro atoms. The lowest BCUT2D eigenvalue weighted by molar-refractivity contribution is -0.133. The molecule has 0 saturated carbocycles. The zero-order valence-corrected chi connectivity index (χ0v) is 16.1. The number of nitrogens with zero attached hydrogens (tertiary/aromatic N) is 2. The minimum Gasteiger partial charge on any atom is -0.490 e. The molecule has 10 heteroatoms. The Morgan fingerprint density at radius 1 is 1.32 bits per heavy atom. The van der Waals surface area contributed by atoms with Crippen molar-refractivity contribution in [1.82, 2.24) is 10.3 Å². The van der Waals surface area contributed by atoms with Crippen LogP contribution < -0.4 is 10.1 Å². The summed E-state index contributed by atoms with van der Waals surface area (Å²) in [5.74, 6) is -1.04. The quantitative estimate of drug-likeness (QED) is 0.671. The van der Waals surface area contributed by atoms with Crippen molar-refractivity contribution in [3.63, 3.8) is 0 Å². The number of halogens is 1. The number of rotatable bonds is 7. The van der Waals surface area contributed by atoms with E-state index in [4.69, 9.17) is 4.74 Å². The molecule has 0 bridgehead atoms. The normalized spacial score (nSPS) is 21.3. The van der Waals surface area contributed by atoms with E-state index >= 15 is 0 Å². The zero-order valence-electron chi connectivity index (χ0n) is 15.3. The average Bonchev–Trinajstić information content (AvgIpc) is 3.02. The van der Waals surface area contributed by atoms with Crippen molar-refractivity contribution in [2.45, 2.75) is 31.7 Å². The van der Waals surface area contributed by atoms with Crippen molar-refractivity contribution in [3.05, 3.63) is 30.1 Å². The third-order valence-corrected chi connectivity index (χ3v) is 6.33. The van der Waals surface area contributed by atoms with Crippen LogP contribution in [0.1, 0.15) is 25.7 Å². The number of benzene rings is 1. The Bertz CT molecular complexity index is 887. The summed E-state index contributed by atoms with van der Waals surface area (Å²) in [5.41, 5.74) is 0.207. The predicted octanol–water partition coefficient (Wildman–Crippen LogP) is 0.876. The first-order valence-corrected chi connectivity index (χ1v) is 10.9. The fraction of sp³-hybridized carbons (Fsp3) is 0.500. The molecule has 1 aromatic carbocycles. The van der Waals surface area contributed by atoms with Gasteiger partial charge in [-0.2, -0.15) is 5.10 Å². The largest absolute Gasteiger partial charge is 0.490 e. The summed E-state index contributed by atoms with van der Waals surface area (Å²) in [5, 5.41) is 7.96. The minimum absolute atomic E-state index is 0.0283. The lowest BCUT2D eigenvalue weighted by Crippen LogP contribution is -2.44. The van der Waals surface area contributed by atoms with Crippen molar-refractivity contribution in [2.75, 3.05) is 24.7 Å². The highest BCUT2D eigenvalue weighted by Gasteiger charge is 2.37. The second kappa shape index (κ2) is 8.68. The minimum atomic E-state index is -3.16. The molecule has 152 valence electrons. The summed E-state index contributed by atoms with van der Waals surface area (Å²) in [6, 6.07) is 5.57. The van der Waals surface area contributed by atoms with E-state index in [1.807, 2.05) is 0 Å². The number of ether oxygens (including phenoxy) is 1. The van der Waals surface area contributed by atoms with E-state index in [0.29, 0.717) is 19.4 Å². The van der Waals surface area contributed by atoms with Gasteiger partial charge in [0.05, 0.1) is 24.2 Å². The van der Waals surface area contributed by atoms with Crippen LogP contribution in [0.4, 0.5) is 4.39 Å². The number of sulfone groups is 1. The van der Waals surface area contributed by atoms with E-state index in [0.717, 1.165) is 5.01 Å². The Kier molecular flexibility index (Phi) is 6.28. The lowest BCUT2D eigenvalue weighted by atomic mass is 10.1. The van der Waals surface area contributed by atoms with Crippen molar-refractivity contribution < 1.29 is 27.1 Å². The topological polar surface area (TPSA) is 105 Å². The molecule has 2 aliphatic rings. The van der Waals surface area contributed by atoms with Gasteiger partial charge >= 0.3 is 0 Å². The predicted molar refractivity (Wildman–Crippen MR) is 100 cm³/mol. The number of carbonyl (C=O) groups excluding carboxylic acids is 2. The molecule has 28 heavy (non-hydrogen) atoms. The Morgan fingerprint density at radius 2 is 2.11 bits per heavy atom. The first-order chi connectivity index (χ1) is 13.4. The summed E-state index contributed by atoms with van der Waals surface area (Å²) < 4.78 is 42.0. The van der Waals surface area contributed by atoms with E-state index in [-0.39, 0.29) is 48.3 Å². The standard InChI is InChI=1S/C18H22FN3O5S/c19-14-4-1-2-5-16(14)27-10-3-9-20-18(24)15-6-7-17(23)22(21-15)13-8-11-28(25,26)12-13/h1-2,4-5,13H,3,6-12H2,(H,20,24). The van der Waals surface area contributed by atoms with E-state index in [1.54, 1.807) is 12.1 Å². The van der Waals surface area contributed by atoms with Crippen molar-refractivity contribution in [1.29, 1.82) is 0 Å². The maximum atomic E-state index is 13.4. The first kappa shape index (κ1) is 20.2. The Morgan fingerprint density at radius 3 is 2.82 bits per heavy atom. The van der Waals surface area contributed by atoms with E-state index in [9.17, 15) is 22.4 Å². The molecule has 2 amide bonds. The Balaban J connectivity index is 1.47. The third kappa shape index (κ3) is 5.06. The second-order valence-electron chi connectivity index (χ2n) is 6.73. The van der Waals surface area contributed by atoms with Crippen molar-refractivity contribution in [2.24, 2.45) is 5.10 Å².